The summed E-state index contributed by atoms with van der Waals surface area (Å²) in [6.07, 6.45) is 0.859. The highest BCUT2D eigenvalue weighted by molar-refractivity contribution is 5.95. The average molecular weight is 412 g/mol. The summed E-state index contributed by atoms with van der Waals surface area (Å²) in [4.78, 5) is 26.7. The minimum absolute atomic E-state index is 0.0168. The summed E-state index contributed by atoms with van der Waals surface area (Å²) in [6, 6.07) is 12.1. The van der Waals surface area contributed by atoms with E-state index in [2.05, 4.69) is 5.32 Å². The molecule has 1 unspecified atom stereocenters. The second kappa shape index (κ2) is 9.43. The molecule has 0 aromatic heterocycles. The molecule has 1 aliphatic heterocycles. The zero-order valence-corrected chi connectivity index (χ0v) is 17.3. The minimum atomic E-state index is -0.843. The predicted octanol–water partition coefficient (Wildman–Crippen LogP) is 3.98. The van der Waals surface area contributed by atoms with Gasteiger partial charge in [0, 0.05) is 7.05 Å². The molecule has 0 radical (unpaired) electrons. The summed E-state index contributed by atoms with van der Waals surface area (Å²) in [5.74, 6) is -0.413. The van der Waals surface area contributed by atoms with E-state index in [1.54, 1.807) is 20.0 Å². The number of halogens is 1. The van der Waals surface area contributed by atoms with Crippen LogP contribution in [0.1, 0.15) is 31.0 Å². The lowest BCUT2D eigenvalue weighted by Gasteiger charge is -2.34. The second-order valence-corrected chi connectivity index (χ2v) is 6.87. The molecule has 0 saturated carbocycles. The van der Waals surface area contributed by atoms with Gasteiger partial charge in [-0.25, -0.2) is 14.0 Å². The Kier molecular flexibility index (Phi) is 6.72. The smallest absolute Gasteiger partial charge is 0.338 e. The van der Waals surface area contributed by atoms with Crippen LogP contribution in [0.2, 0.25) is 0 Å². The quantitative estimate of drug-likeness (QED) is 0.699. The molecule has 1 atom stereocenters. The number of nitrogens with one attached hydrogen (secondary N) is 1. The number of benzene rings is 2. The third kappa shape index (κ3) is 4.62. The molecule has 0 fully saturated rings. The van der Waals surface area contributed by atoms with Crippen molar-refractivity contribution in [3.63, 3.8) is 0 Å². The fourth-order valence-electron chi connectivity index (χ4n) is 3.32. The number of hydrogen-bond donors (Lipinski definition) is 1. The third-order valence-corrected chi connectivity index (χ3v) is 4.94. The molecule has 0 bridgehead atoms. The molecule has 2 amide bonds. The van der Waals surface area contributed by atoms with E-state index in [4.69, 9.17) is 9.47 Å². The molecule has 0 saturated heterocycles. The largest absolute Gasteiger partial charge is 0.487 e. The molecule has 2 aromatic rings. The summed E-state index contributed by atoms with van der Waals surface area (Å²) in [5.41, 5.74) is 2.15. The lowest BCUT2D eigenvalue weighted by Crippen LogP contribution is -2.48. The van der Waals surface area contributed by atoms with E-state index < -0.39 is 23.9 Å². The van der Waals surface area contributed by atoms with E-state index in [0.717, 1.165) is 12.0 Å². The maximum Gasteiger partial charge on any atom is 0.338 e. The average Bonchev–Trinajstić information content (AvgIpc) is 2.74. The van der Waals surface area contributed by atoms with Gasteiger partial charge in [-0.05, 0) is 48.7 Å². The maximum atomic E-state index is 13.8. The number of carbonyl (C=O) groups excluding carboxylic acids is 2. The van der Waals surface area contributed by atoms with Gasteiger partial charge >= 0.3 is 12.0 Å². The summed E-state index contributed by atoms with van der Waals surface area (Å²) in [5, 5.41) is 2.75. The zero-order valence-electron chi connectivity index (χ0n) is 17.3. The first-order valence-electron chi connectivity index (χ1n) is 9.86. The van der Waals surface area contributed by atoms with E-state index in [0.29, 0.717) is 17.0 Å². The van der Waals surface area contributed by atoms with Crippen LogP contribution in [0.4, 0.5) is 9.18 Å². The topological polar surface area (TPSA) is 67.9 Å². The Morgan fingerprint density at radius 2 is 1.93 bits per heavy atom. The number of rotatable bonds is 7. The van der Waals surface area contributed by atoms with Gasteiger partial charge in [0.15, 0.2) is 0 Å². The van der Waals surface area contributed by atoms with E-state index in [-0.39, 0.29) is 18.8 Å². The van der Waals surface area contributed by atoms with E-state index in [9.17, 15) is 14.0 Å². The number of esters is 1. The Balaban J connectivity index is 2.02. The molecule has 158 valence electrons. The molecule has 1 heterocycles. The Bertz CT molecular complexity index is 973. The molecular formula is C23H25FN2O4. The molecule has 1 N–H and O–H groups in total. The van der Waals surface area contributed by atoms with Crippen molar-refractivity contribution >= 4 is 12.0 Å². The van der Waals surface area contributed by atoms with E-state index in [1.165, 1.54) is 23.1 Å². The van der Waals surface area contributed by atoms with E-state index >= 15 is 0 Å². The summed E-state index contributed by atoms with van der Waals surface area (Å²) < 4.78 is 25.0. The summed E-state index contributed by atoms with van der Waals surface area (Å²) >= 11 is 0. The number of nitrogens with zero attached hydrogens (tertiary/aromatic N) is 1. The number of carbonyl (C=O) groups is 2. The number of aryl methyl sites for hydroxylation is 1. The highest BCUT2D eigenvalue weighted by atomic mass is 19.1. The first-order valence-corrected chi connectivity index (χ1v) is 9.86. The molecule has 7 heteroatoms. The van der Waals surface area contributed by atoms with Crippen LogP contribution in [-0.4, -0.2) is 37.2 Å². The van der Waals surface area contributed by atoms with Crippen LogP contribution in [0.5, 0.6) is 5.75 Å². The van der Waals surface area contributed by atoms with Crippen molar-refractivity contribution < 1.29 is 23.5 Å². The van der Waals surface area contributed by atoms with Gasteiger partial charge < -0.3 is 14.8 Å². The molecule has 1 aliphatic rings. The normalized spacial score (nSPS) is 16.3. The molecule has 3 rings (SSSR count). The van der Waals surface area contributed by atoms with Crippen LogP contribution in [-0.2, 0) is 16.0 Å². The number of likely N-dealkylation sites (N-methyl/N-ethyl adjacent to an activating group) is 1. The van der Waals surface area contributed by atoms with Gasteiger partial charge in [-0.2, -0.15) is 0 Å². The monoisotopic (exact) mass is 412 g/mol. The Labute approximate surface area is 175 Å². The highest BCUT2D eigenvalue weighted by Gasteiger charge is 2.37. The zero-order chi connectivity index (χ0) is 21.7. The Morgan fingerprint density at radius 1 is 1.17 bits per heavy atom. The number of urea groups is 1. The van der Waals surface area contributed by atoms with Gasteiger partial charge in [-0.3, -0.25) is 4.90 Å². The van der Waals surface area contributed by atoms with E-state index in [1.807, 2.05) is 31.2 Å². The number of ether oxygens (including phenoxy) is 2. The van der Waals surface area contributed by atoms with Crippen LogP contribution in [0.3, 0.4) is 0 Å². The summed E-state index contributed by atoms with van der Waals surface area (Å²) in [7, 11) is 1.55. The molecular weight excluding hydrogens is 387 g/mol. The lowest BCUT2D eigenvalue weighted by atomic mass is 9.94. The van der Waals surface area contributed by atoms with Gasteiger partial charge in [0.1, 0.15) is 18.2 Å². The first kappa shape index (κ1) is 21.4. The predicted molar refractivity (Wildman–Crippen MR) is 110 cm³/mol. The number of hydrogen-bond acceptors (Lipinski definition) is 4. The van der Waals surface area contributed by atoms with Gasteiger partial charge in [0.25, 0.3) is 0 Å². The van der Waals surface area contributed by atoms with Gasteiger partial charge in [0.2, 0.25) is 0 Å². The highest BCUT2D eigenvalue weighted by Crippen LogP contribution is 2.31. The van der Waals surface area contributed by atoms with Crippen LogP contribution in [0.15, 0.2) is 59.8 Å². The Morgan fingerprint density at radius 3 is 2.63 bits per heavy atom. The Hall–Kier alpha value is -3.35. The van der Waals surface area contributed by atoms with Crippen LogP contribution in [0.25, 0.3) is 0 Å². The van der Waals surface area contributed by atoms with Crippen LogP contribution in [0, 0.1) is 5.82 Å². The standard InChI is InChI=1S/C23H25FN2O4/c1-4-15-8-6-11-18(12-15)30-14-19-20(22(27)29-5-2)21(25-23(28)26(19)3)16-9-7-10-17(24)13-16/h6-13,21H,4-5,14H2,1-3H3,(H,25,28). The molecule has 30 heavy (non-hydrogen) atoms. The lowest BCUT2D eigenvalue weighted by molar-refractivity contribution is -0.139. The van der Waals surface area contributed by atoms with Crippen molar-refractivity contribution in [2.45, 2.75) is 26.3 Å². The van der Waals surface area contributed by atoms with Gasteiger partial charge in [-0.1, -0.05) is 31.2 Å². The van der Waals surface area contributed by atoms with Crippen molar-refractivity contribution in [2.75, 3.05) is 20.3 Å². The minimum Gasteiger partial charge on any atom is -0.487 e. The molecule has 0 spiro atoms. The van der Waals surface area contributed by atoms with Crippen molar-refractivity contribution in [1.82, 2.24) is 10.2 Å². The number of amides is 2. The fourth-order valence-corrected chi connectivity index (χ4v) is 3.32. The third-order valence-electron chi connectivity index (χ3n) is 4.94. The fraction of sp³-hybridized carbons (Fsp3) is 0.304. The van der Waals surface area contributed by atoms with Gasteiger partial charge in [-0.15, -0.1) is 0 Å². The van der Waals surface area contributed by atoms with Crippen molar-refractivity contribution in [3.8, 4) is 5.75 Å². The SMILES string of the molecule is CCOC(=O)C1=C(COc2cccc(CC)c2)N(C)C(=O)NC1c1cccc(F)c1. The molecule has 0 aliphatic carbocycles. The van der Waals surface area contributed by atoms with Crippen molar-refractivity contribution in [2.24, 2.45) is 0 Å². The first-order chi connectivity index (χ1) is 14.4. The van der Waals surface area contributed by atoms with Crippen LogP contribution >= 0.6 is 0 Å². The van der Waals surface area contributed by atoms with Crippen molar-refractivity contribution in [1.29, 1.82) is 0 Å². The van der Waals surface area contributed by atoms with Gasteiger partial charge in [0.05, 0.1) is 23.9 Å². The van der Waals surface area contributed by atoms with Crippen molar-refractivity contribution in [3.05, 3.63) is 76.7 Å². The second-order valence-electron chi connectivity index (χ2n) is 6.87. The maximum absolute atomic E-state index is 13.8. The van der Waals surface area contributed by atoms with Crippen LogP contribution < -0.4 is 10.1 Å². The molecule has 6 nitrogen and oxygen atoms in total. The molecule has 2 aromatic carbocycles. The summed E-state index contributed by atoms with van der Waals surface area (Å²) in [6.45, 7) is 3.90.